The van der Waals surface area contributed by atoms with Gasteiger partial charge in [-0.3, -0.25) is 4.90 Å². The number of nitrogens with one attached hydrogen (secondary N) is 1. The van der Waals surface area contributed by atoms with E-state index in [4.69, 9.17) is 5.73 Å². The molecule has 0 atom stereocenters. The zero-order chi connectivity index (χ0) is 15.8. The van der Waals surface area contributed by atoms with Crippen LogP contribution in [0.25, 0.3) is 0 Å². The Hall–Kier alpha value is -1.55. The Morgan fingerprint density at radius 2 is 2.00 bits per heavy atom. The molecule has 1 fully saturated rings. The van der Waals surface area contributed by atoms with Crippen molar-refractivity contribution in [1.82, 2.24) is 10.2 Å². The van der Waals surface area contributed by atoms with Crippen LogP contribution in [0.3, 0.4) is 0 Å². The van der Waals surface area contributed by atoms with E-state index in [0.29, 0.717) is 12.5 Å². The molecular weight excluding hydrogens is 272 g/mol. The Kier molecular flexibility index (Phi) is 6.72. The molecule has 0 spiro atoms. The molecule has 0 heterocycles. The van der Waals surface area contributed by atoms with Gasteiger partial charge in [0.2, 0.25) is 0 Å². The zero-order valence-electron chi connectivity index (χ0n) is 14.0. The second-order valence-corrected chi connectivity index (χ2v) is 6.16. The van der Waals surface area contributed by atoms with Crippen LogP contribution < -0.4 is 11.1 Å². The van der Waals surface area contributed by atoms with Crippen LogP contribution in [0.5, 0.6) is 0 Å². The van der Waals surface area contributed by atoms with Crippen LogP contribution >= 0.6 is 0 Å². The normalized spacial score (nSPS) is 15.9. The number of hydrogen-bond acceptors (Lipinski definition) is 2. The summed E-state index contributed by atoms with van der Waals surface area (Å²) in [6, 6.07) is 8.65. The molecule has 1 aliphatic rings. The number of guanidine groups is 1. The van der Waals surface area contributed by atoms with E-state index in [1.165, 1.54) is 30.4 Å². The smallest absolute Gasteiger partial charge is 0.188 e. The average molecular weight is 302 g/mol. The van der Waals surface area contributed by atoms with Gasteiger partial charge in [-0.25, -0.2) is 4.99 Å². The number of benzene rings is 1. The monoisotopic (exact) mass is 302 g/mol. The van der Waals surface area contributed by atoms with E-state index < -0.39 is 0 Å². The molecule has 4 nitrogen and oxygen atoms in total. The van der Waals surface area contributed by atoms with Crippen molar-refractivity contribution in [3.63, 3.8) is 0 Å². The van der Waals surface area contributed by atoms with Gasteiger partial charge in [0.15, 0.2) is 5.96 Å². The maximum Gasteiger partial charge on any atom is 0.188 e. The third kappa shape index (κ3) is 5.34. The van der Waals surface area contributed by atoms with Crippen molar-refractivity contribution in [2.45, 2.75) is 46.2 Å². The molecule has 0 aromatic heterocycles. The van der Waals surface area contributed by atoms with Crippen LogP contribution in [0.15, 0.2) is 29.3 Å². The van der Waals surface area contributed by atoms with Crippen molar-refractivity contribution in [3.8, 4) is 0 Å². The summed E-state index contributed by atoms with van der Waals surface area (Å²) in [5, 5.41) is 3.24. The highest BCUT2D eigenvalue weighted by Crippen LogP contribution is 2.24. The Balaban J connectivity index is 1.83. The van der Waals surface area contributed by atoms with Crippen LogP contribution in [0.1, 0.15) is 44.2 Å². The predicted molar refractivity (Wildman–Crippen MR) is 93.7 cm³/mol. The summed E-state index contributed by atoms with van der Waals surface area (Å²) in [5.74, 6) is 1.37. The minimum Gasteiger partial charge on any atom is -0.370 e. The Morgan fingerprint density at radius 1 is 1.27 bits per heavy atom. The highest BCUT2D eigenvalue weighted by molar-refractivity contribution is 5.77. The SMILES string of the molecule is CCN(CC)Cc1cccc(CN=C(N)NCC2CCC2)c1. The molecule has 0 radical (unpaired) electrons. The minimum atomic E-state index is 0.570. The topological polar surface area (TPSA) is 53.6 Å². The van der Waals surface area contributed by atoms with Gasteiger partial charge in [-0.2, -0.15) is 0 Å². The highest BCUT2D eigenvalue weighted by atomic mass is 15.1. The van der Waals surface area contributed by atoms with Crippen molar-refractivity contribution in [1.29, 1.82) is 0 Å². The molecule has 4 heteroatoms. The summed E-state index contributed by atoms with van der Waals surface area (Å²) in [6.45, 7) is 9.18. The van der Waals surface area contributed by atoms with Gasteiger partial charge >= 0.3 is 0 Å². The van der Waals surface area contributed by atoms with Crippen LogP contribution in [0.4, 0.5) is 0 Å². The Morgan fingerprint density at radius 3 is 2.64 bits per heavy atom. The minimum absolute atomic E-state index is 0.570. The van der Waals surface area contributed by atoms with E-state index in [1.807, 2.05) is 0 Å². The molecule has 0 aliphatic heterocycles. The first-order valence-electron chi connectivity index (χ1n) is 8.55. The molecule has 0 amide bonds. The third-order valence-electron chi connectivity index (χ3n) is 4.52. The van der Waals surface area contributed by atoms with Crippen molar-refractivity contribution in [2.75, 3.05) is 19.6 Å². The van der Waals surface area contributed by atoms with Gasteiger partial charge in [0, 0.05) is 13.1 Å². The number of nitrogens with zero attached hydrogens (tertiary/aromatic N) is 2. The Bertz CT molecular complexity index is 476. The average Bonchev–Trinajstić information content (AvgIpc) is 2.49. The second kappa shape index (κ2) is 8.79. The van der Waals surface area contributed by atoms with Gasteiger partial charge in [-0.15, -0.1) is 0 Å². The van der Waals surface area contributed by atoms with Gasteiger partial charge in [0.25, 0.3) is 0 Å². The fourth-order valence-corrected chi connectivity index (χ4v) is 2.71. The van der Waals surface area contributed by atoms with E-state index in [1.54, 1.807) is 0 Å². The fourth-order valence-electron chi connectivity index (χ4n) is 2.71. The van der Waals surface area contributed by atoms with Gasteiger partial charge < -0.3 is 11.1 Å². The first kappa shape index (κ1) is 16.8. The third-order valence-corrected chi connectivity index (χ3v) is 4.52. The quantitative estimate of drug-likeness (QED) is 0.573. The molecule has 1 aliphatic carbocycles. The van der Waals surface area contributed by atoms with E-state index in [-0.39, 0.29) is 0 Å². The lowest BCUT2D eigenvalue weighted by molar-refractivity contribution is 0.296. The molecule has 1 aromatic carbocycles. The predicted octanol–water partition coefficient (Wildman–Crippen LogP) is 2.73. The maximum atomic E-state index is 5.94. The summed E-state index contributed by atoms with van der Waals surface area (Å²) < 4.78 is 0. The van der Waals surface area contributed by atoms with E-state index >= 15 is 0 Å². The van der Waals surface area contributed by atoms with Crippen molar-refractivity contribution < 1.29 is 0 Å². The molecule has 1 aromatic rings. The molecule has 2 rings (SSSR count). The van der Waals surface area contributed by atoms with E-state index in [0.717, 1.165) is 32.1 Å². The van der Waals surface area contributed by atoms with Crippen molar-refractivity contribution in [2.24, 2.45) is 16.6 Å². The lowest BCUT2D eigenvalue weighted by Gasteiger charge is -2.25. The summed E-state index contributed by atoms with van der Waals surface area (Å²) in [4.78, 5) is 6.87. The van der Waals surface area contributed by atoms with Crippen LogP contribution in [-0.2, 0) is 13.1 Å². The number of nitrogens with two attached hydrogens (primary N) is 1. The first-order valence-corrected chi connectivity index (χ1v) is 8.55. The zero-order valence-corrected chi connectivity index (χ0v) is 14.0. The molecule has 0 unspecified atom stereocenters. The molecular formula is C18H30N4. The molecule has 1 saturated carbocycles. The lowest BCUT2D eigenvalue weighted by atomic mass is 9.85. The van der Waals surface area contributed by atoms with E-state index in [2.05, 4.69) is 53.3 Å². The highest BCUT2D eigenvalue weighted by Gasteiger charge is 2.16. The van der Waals surface area contributed by atoms with Crippen molar-refractivity contribution >= 4 is 5.96 Å². The van der Waals surface area contributed by atoms with E-state index in [9.17, 15) is 0 Å². The summed E-state index contributed by atoms with van der Waals surface area (Å²) in [5.41, 5.74) is 8.51. The van der Waals surface area contributed by atoms with Gasteiger partial charge in [0.05, 0.1) is 6.54 Å². The van der Waals surface area contributed by atoms with Crippen molar-refractivity contribution in [3.05, 3.63) is 35.4 Å². The summed E-state index contributed by atoms with van der Waals surface area (Å²) >= 11 is 0. The summed E-state index contributed by atoms with van der Waals surface area (Å²) in [7, 11) is 0. The maximum absolute atomic E-state index is 5.94. The number of hydrogen-bond donors (Lipinski definition) is 2. The van der Waals surface area contributed by atoms with Crippen LogP contribution in [0.2, 0.25) is 0 Å². The van der Waals surface area contributed by atoms with Gasteiger partial charge in [-0.1, -0.05) is 44.5 Å². The molecule has 0 saturated heterocycles. The standard InChI is InChI=1S/C18H30N4/c1-3-22(4-2)14-17-10-6-9-16(11-17)13-21-18(19)20-12-15-7-5-8-15/h6,9-11,15H,3-5,7-8,12-14H2,1-2H3,(H3,19,20,21). The van der Waals surface area contributed by atoms with Gasteiger partial charge in [-0.05, 0) is 43.0 Å². The lowest BCUT2D eigenvalue weighted by Crippen LogP contribution is -2.37. The van der Waals surface area contributed by atoms with Crippen LogP contribution in [0, 0.1) is 5.92 Å². The fraction of sp³-hybridized carbons (Fsp3) is 0.611. The van der Waals surface area contributed by atoms with Crippen LogP contribution in [-0.4, -0.2) is 30.5 Å². The molecule has 0 bridgehead atoms. The molecule has 122 valence electrons. The number of rotatable bonds is 8. The Labute approximate surface area is 134 Å². The largest absolute Gasteiger partial charge is 0.370 e. The summed E-state index contributed by atoms with van der Waals surface area (Å²) in [6.07, 6.45) is 4.02. The number of aliphatic imine (C=N–C) groups is 1. The second-order valence-electron chi connectivity index (χ2n) is 6.16. The first-order chi connectivity index (χ1) is 10.7. The van der Waals surface area contributed by atoms with Gasteiger partial charge in [0.1, 0.15) is 0 Å². The molecule has 22 heavy (non-hydrogen) atoms. The molecule has 3 N–H and O–H groups in total.